The van der Waals surface area contributed by atoms with Crippen LogP contribution in [0.15, 0.2) is 24.3 Å². The Morgan fingerprint density at radius 1 is 1.58 bits per heavy atom. The third-order valence-corrected chi connectivity index (χ3v) is 3.85. The van der Waals surface area contributed by atoms with E-state index in [1.807, 2.05) is 35.9 Å². The van der Waals surface area contributed by atoms with Crippen LogP contribution in [-0.2, 0) is 5.60 Å². The number of ether oxygens (including phenoxy) is 1. The van der Waals surface area contributed by atoms with E-state index in [9.17, 15) is 5.11 Å². The summed E-state index contributed by atoms with van der Waals surface area (Å²) < 4.78 is 7.14. The molecule has 1 heterocycles. The molecular weight excluding hydrogens is 240 g/mol. The van der Waals surface area contributed by atoms with Gasteiger partial charge in [-0.05, 0) is 30.7 Å². The Morgan fingerprint density at radius 2 is 2.37 bits per heavy atom. The molecule has 104 valence electrons. The zero-order valence-corrected chi connectivity index (χ0v) is 11.7. The second-order valence-electron chi connectivity index (χ2n) is 5.35. The van der Waals surface area contributed by atoms with Gasteiger partial charge >= 0.3 is 0 Å². The van der Waals surface area contributed by atoms with Gasteiger partial charge in [0.05, 0.1) is 13.0 Å². The summed E-state index contributed by atoms with van der Waals surface area (Å²) in [6.45, 7) is 6.27. The highest BCUT2D eigenvalue weighted by atomic mass is 16.5. The predicted molar refractivity (Wildman–Crippen MR) is 76.0 cm³/mol. The van der Waals surface area contributed by atoms with Gasteiger partial charge in [-0.15, -0.1) is 0 Å². The van der Waals surface area contributed by atoms with Crippen LogP contribution in [0.1, 0.15) is 12.0 Å². The number of benzene rings is 1. The summed E-state index contributed by atoms with van der Waals surface area (Å²) in [4.78, 5) is 0. The minimum Gasteiger partial charge on any atom is -0.497 e. The lowest BCUT2D eigenvalue weighted by Crippen LogP contribution is -2.50. The maximum Gasteiger partial charge on any atom is 0.149 e. The van der Waals surface area contributed by atoms with Crippen LogP contribution in [0, 0.1) is 5.92 Å². The molecule has 0 amide bonds. The van der Waals surface area contributed by atoms with Crippen LogP contribution in [0.4, 0.5) is 0 Å². The lowest BCUT2D eigenvalue weighted by Gasteiger charge is -2.39. The number of nitrogens with one attached hydrogen (secondary N) is 1. The third-order valence-electron chi connectivity index (χ3n) is 3.85. The molecule has 2 N–H and O–H groups in total. The molecule has 1 aromatic carbocycles. The highest BCUT2D eigenvalue weighted by molar-refractivity contribution is 5.33. The average molecular weight is 263 g/mol. The minimum absolute atomic E-state index is 0.121. The molecule has 1 saturated heterocycles. The molecule has 2 rings (SSSR count). The van der Waals surface area contributed by atoms with Crippen LogP contribution in [0.5, 0.6) is 5.75 Å². The number of hydrogen-bond donors (Lipinski definition) is 2. The van der Waals surface area contributed by atoms with E-state index < -0.39 is 5.60 Å². The number of hydrogen-bond acceptors (Lipinski definition) is 3. The summed E-state index contributed by atoms with van der Waals surface area (Å²) in [5, 5.41) is 14.5. The van der Waals surface area contributed by atoms with E-state index in [0.717, 1.165) is 30.9 Å². The number of nitrogens with zero attached hydrogens (tertiary/aromatic N) is 1. The van der Waals surface area contributed by atoms with Crippen molar-refractivity contribution in [2.75, 3.05) is 33.8 Å². The normalized spacial score (nSPS) is 27.0. The van der Waals surface area contributed by atoms with E-state index >= 15 is 0 Å². The van der Waals surface area contributed by atoms with Crippen molar-refractivity contribution in [2.24, 2.45) is 5.92 Å². The molecule has 0 radical (unpaired) electrons. The van der Waals surface area contributed by atoms with Crippen LogP contribution < -0.4 is 10.1 Å². The summed E-state index contributed by atoms with van der Waals surface area (Å²) in [6, 6.07) is 7.74. The van der Waals surface area contributed by atoms with Gasteiger partial charge < -0.3 is 15.2 Å². The summed E-state index contributed by atoms with van der Waals surface area (Å²) in [7, 11) is 3.58. The molecule has 4 nitrogen and oxygen atoms in total. The van der Waals surface area contributed by atoms with Crippen LogP contribution in [0.25, 0.3) is 0 Å². The molecule has 0 saturated carbocycles. The monoisotopic (exact) mass is 263 g/mol. The van der Waals surface area contributed by atoms with Gasteiger partial charge in [-0.3, -0.25) is 0 Å². The second kappa shape index (κ2) is 5.72. The molecule has 0 aromatic heterocycles. The molecular formula is C15H23N2O2+. The van der Waals surface area contributed by atoms with E-state index in [-0.39, 0.29) is 5.92 Å². The van der Waals surface area contributed by atoms with Crippen molar-refractivity contribution in [3.63, 3.8) is 0 Å². The largest absolute Gasteiger partial charge is 0.497 e. The third kappa shape index (κ3) is 2.96. The fourth-order valence-electron chi connectivity index (χ4n) is 2.79. The fraction of sp³-hybridized carbons (Fsp3) is 0.533. The SMILES string of the molecule is C=[N+](C)CC1CNCCC1(O)c1cccc(OC)c1. The lowest BCUT2D eigenvalue weighted by molar-refractivity contribution is -0.501. The first-order valence-corrected chi connectivity index (χ1v) is 6.65. The van der Waals surface area contributed by atoms with Gasteiger partial charge in [0.15, 0.2) is 0 Å². The zero-order chi connectivity index (χ0) is 13.9. The predicted octanol–water partition coefficient (Wildman–Crippen LogP) is 0.835. The number of methoxy groups -OCH3 is 1. The second-order valence-corrected chi connectivity index (χ2v) is 5.35. The maximum absolute atomic E-state index is 11.1. The molecule has 4 heteroatoms. The Morgan fingerprint density at radius 3 is 3.05 bits per heavy atom. The highest BCUT2D eigenvalue weighted by Gasteiger charge is 2.42. The Hall–Kier alpha value is -1.39. The fourth-order valence-corrected chi connectivity index (χ4v) is 2.79. The molecule has 2 atom stereocenters. The van der Waals surface area contributed by atoms with Gasteiger partial charge in [0.1, 0.15) is 31.7 Å². The van der Waals surface area contributed by atoms with Gasteiger partial charge in [0.25, 0.3) is 0 Å². The van der Waals surface area contributed by atoms with Crippen molar-refractivity contribution < 1.29 is 14.4 Å². The topological polar surface area (TPSA) is 44.5 Å². The first kappa shape index (κ1) is 14.0. The van der Waals surface area contributed by atoms with E-state index in [0.29, 0.717) is 6.42 Å². The van der Waals surface area contributed by atoms with Crippen molar-refractivity contribution in [1.29, 1.82) is 0 Å². The molecule has 0 aliphatic carbocycles. The summed E-state index contributed by atoms with van der Waals surface area (Å²) >= 11 is 0. The van der Waals surface area contributed by atoms with Crippen LogP contribution in [0.3, 0.4) is 0 Å². The van der Waals surface area contributed by atoms with Gasteiger partial charge in [-0.1, -0.05) is 12.1 Å². The number of piperidine rings is 1. The molecule has 1 aliphatic rings. The maximum atomic E-state index is 11.1. The van der Waals surface area contributed by atoms with Gasteiger partial charge in [-0.2, -0.15) is 0 Å². The number of rotatable bonds is 4. The van der Waals surface area contributed by atoms with E-state index in [2.05, 4.69) is 12.0 Å². The van der Waals surface area contributed by atoms with Crippen molar-refractivity contribution in [2.45, 2.75) is 12.0 Å². The first-order valence-electron chi connectivity index (χ1n) is 6.65. The van der Waals surface area contributed by atoms with Crippen LogP contribution >= 0.6 is 0 Å². The first-order chi connectivity index (χ1) is 9.06. The highest BCUT2D eigenvalue weighted by Crippen LogP contribution is 2.36. The standard InChI is InChI=1S/C15H23N2O2/c1-17(2)11-13-10-16-8-7-15(13,18)12-5-4-6-14(9-12)19-3/h4-6,9,13,16,18H,1,7-8,10-11H2,2-3H3/q+1. The van der Waals surface area contributed by atoms with Gasteiger partial charge in [0.2, 0.25) is 0 Å². The van der Waals surface area contributed by atoms with Crippen molar-refractivity contribution in [1.82, 2.24) is 5.32 Å². The quantitative estimate of drug-likeness (QED) is 0.625. The molecule has 1 aromatic rings. The smallest absolute Gasteiger partial charge is 0.149 e. The van der Waals surface area contributed by atoms with Crippen LogP contribution in [-0.4, -0.2) is 50.2 Å². The Bertz CT molecular complexity index is 461. The molecule has 2 unspecified atom stereocenters. The molecule has 1 fully saturated rings. The van der Waals surface area contributed by atoms with Gasteiger partial charge in [0, 0.05) is 6.54 Å². The van der Waals surface area contributed by atoms with Gasteiger partial charge in [-0.25, -0.2) is 4.58 Å². The number of aliphatic hydroxyl groups is 1. The lowest BCUT2D eigenvalue weighted by atomic mass is 9.76. The van der Waals surface area contributed by atoms with Crippen molar-refractivity contribution in [3.8, 4) is 5.75 Å². The van der Waals surface area contributed by atoms with E-state index in [1.54, 1.807) is 7.11 Å². The average Bonchev–Trinajstić information content (AvgIpc) is 2.41. The zero-order valence-electron chi connectivity index (χ0n) is 11.7. The van der Waals surface area contributed by atoms with E-state index in [1.165, 1.54) is 0 Å². The Kier molecular flexibility index (Phi) is 4.22. The molecule has 19 heavy (non-hydrogen) atoms. The summed E-state index contributed by atoms with van der Waals surface area (Å²) in [6.07, 6.45) is 0.707. The summed E-state index contributed by atoms with van der Waals surface area (Å²) in [5.74, 6) is 0.905. The van der Waals surface area contributed by atoms with Crippen molar-refractivity contribution >= 4 is 6.72 Å². The van der Waals surface area contributed by atoms with Crippen molar-refractivity contribution in [3.05, 3.63) is 29.8 Å². The minimum atomic E-state index is -0.814. The summed E-state index contributed by atoms with van der Waals surface area (Å²) in [5.41, 5.74) is 0.117. The Labute approximate surface area is 114 Å². The van der Waals surface area contributed by atoms with Crippen LogP contribution in [0.2, 0.25) is 0 Å². The molecule has 0 bridgehead atoms. The molecule has 1 aliphatic heterocycles. The van der Waals surface area contributed by atoms with E-state index in [4.69, 9.17) is 4.74 Å². The molecule has 0 spiro atoms. The Balaban J connectivity index is 2.32.